The standard InChI is InChI=1S/C24H23BrN4O2/c1-5-16-6-8-18(9-7-16)29-27-21-11-14(2)20(13-22(21)28-29)26-24(30)19-12-17(25)10-15(3)23(19)31-4/h6-13H,5H2,1-4H3,(H,26,30). The van der Waals surface area contributed by atoms with Crippen LogP contribution < -0.4 is 10.1 Å². The summed E-state index contributed by atoms with van der Waals surface area (Å²) in [4.78, 5) is 14.6. The second-order valence-electron chi connectivity index (χ2n) is 7.42. The number of ether oxygens (including phenoxy) is 1. The van der Waals surface area contributed by atoms with Crippen LogP contribution in [-0.4, -0.2) is 28.0 Å². The molecule has 4 aromatic rings. The van der Waals surface area contributed by atoms with E-state index in [2.05, 4.69) is 50.5 Å². The SMILES string of the molecule is CCc1ccc(-n2nc3cc(C)c(NC(=O)c4cc(Br)cc(C)c4OC)cc3n2)cc1. The third kappa shape index (κ3) is 4.18. The van der Waals surface area contributed by atoms with Gasteiger partial charge < -0.3 is 10.1 Å². The third-order valence-corrected chi connectivity index (χ3v) is 5.70. The molecule has 3 aromatic carbocycles. The minimum absolute atomic E-state index is 0.244. The monoisotopic (exact) mass is 478 g/mol. The van der Waals surface area contributed by atoms with E-state index in [1.807, 2.05) is 44.2 Å². The molecule has 4 rings (SSSR count). The number of rotatable bonds is 5. The fourth-order valence-electron chi connectivity index (χ4n) is 3.54. The molecule has 1 amide bonds. The quantitative estimate of drug-likeness (QED) is 0.403. The Morgan fingerprint density at radius 2 is 1.71 bits per heavy atom. The lowest BCUT2D eigenvalue weighted by molar-refractivity contribution is 0.102. The highest BCUT2D eigenvalue weighted by Crippen LogP contribution is 2.29. The Balaban J connectivity index is 1.67. The topological polar surface area (TPSA) is 69.0 Å². The van der Waals surface area contributed by atoms with Crippen molar-refractivity contribution in [1.29, 1.82) is 0 Å². The van der Waals surface area contributed by atoms with Crippen LogP contribution in [0.2, 0.25) is 0 Å². The molecule has 0 atom stereocenters. The van der Waals surface area contributed by atoms with E-state index >= 15 is 0 Å². The van der Waals surface area contributed by atoms with E-state index in [1.165, 1.54) is 5.56 Å². The van der Waals surface area contributed by atoms with Crippen LogP contribution in [0.1, 0.15) is 34.0 Å². The van der Waals surface area contributed by atoms with Crippen LogP contribution >= 0.6 is 15.9 Å². The van der Waals surface area contributed by atoms with Crippen molar-refractivity contribution in [1.82, 2.24) is 15.0 Å². The molecule has 0 saturated heterocycles. The molecule has 0 aliphatic carbocycles. The summed E-state index contributed by atoms with van der Waals surface area (Å²) in [5.74, 6) is 0.312. The molecule has 0 fully saturated rings. The minimum atomic E-state index is -0.244. The number of halogens is 1. The van der Waals surface area contributed by atoms with E-state index in [0.29, 0.717) is 22.5 Å². The number of aromatic nitrogens is 3. The predicted molar refractivity (Wildman–Crippen MR) is 126 cm³/mol. The summed E-state index contributed by atoms with van der Waals surface area (Å²) >= 11 is 3.45. The third-order valence-electron chi connectivity index (χ3n) is 5.24. The first-order chi connectivity index (χ1) is 14.9. The molecule has 0 aliphatic heterocycles. The summed E-state index contributed by atoms with van der Waals surface area (Å²) < 4.78 is 6.27. The lowest BCUT2D eigenvalue weighted by Crippen LogP contribution is -2.14. The molecule has 0 spiro atoms. The molecule has 0 unspecified atom stereocenters. The number of benzene rings is 3. The highest BCUT2D eigenvalue weighted by Gasteiger charge is 2.17. The van der Waals surface area contributed by atoms with Crippen molar-refractivity contribution < 1.29 is 9.53 Å². The highest BCUT2D eigenvalue weighted by atomic mass is 79.9. The van der Waals surface area contributed by atoms with Gasteiger partial charge in [0.25, 0.3) is 5.91 Å². The Labute approximate surface area is 189 Å². The van der Waals surface area contributed by atoms with Crippen LogP contribution in [0.5, 0.6) is 5.75 Å². The van der Waals surface area contributed by atoms with Crippen LogP contribution in [-0.2, 0) is 6.42 Å². The van der Waals surface area contributed by atoms with Crippen molar-refractivity contribution in [3.8, 4) is 11.4 Å². The van der Waals surface area contributed by atoms with E-state index in [9.17, 15) is 4.79 Å². The number of nitrogens with zero attached hydrogens (tertiary/aromatic N) is 3. The van der Waals surface area contributed by atoms with Crippen LogP contribution in [0.25, 0.3) is 16.7 Å². The molecule has 0 bridgehead atoms. The van der Waals surface area contributed by atoms with Crippen molar-refractivity contribution in [2.75, 3.05) is 12.4 Å². The summed E-state index contributed by atoms with van der Waals surface area (Å²) in [5, 5.41) is 12.2. The Kier molecular flexibility index (Phi) is 5.78. The zero-order valence-corrected chi connectivity index (χ0v) is 19.4. The van der Waals surface area contributed by atoms with Crippen LogP contribution in [0, 0.1) is 13.8 Å². The smallest absolute Gasteiger partial charge is 0.259 e. The van der Waals surface area contributed by atoms with Gasteiger partial charge in [-0.1, -0.05) is 35.0 Å². The zero-order chi connectivity index (χ0) is 22.1. The fourth-order valence-corrected chi connectivity index (χ4v) is 4.11. The minimum Gasteiger partial charge on any atom is -0.496 e. The van der Waals surface area contributed by atoms with Crippen molar-refractivity contribution in [2.45, 2.75) is 27.2 Å². The number of carbonyl (C=O) groups is 1. The Morgan fingerprint density at radius 3 is 2.35 bits per heavy atom. The first kappa shape index (κ1) is 21.1. The Bertz CT molecular complexity index is 1280. The molecule has 158 valence electrons. The second kappa shape index (κ2) is 8.51. The van der Waals surface area contributed by atoms with Crippen LogP contribution in [0.3, 0.4) is 0 Å². The van der Waals surface area contributed by atoms with Crippen molar-refractivity contribution >= 4 is 38.6 Å². The van der Waals surface area contributed by atoms with Crippen molar-refractivity contribution in [3.05, 3.63) is 75.3 Å². The number of fused-ring (bicyclic) bond motifs is 1. The fraction of sp³-hybridized carbons (Fsp3) is 0.208. The largest absolute Gasteiger partial charge is 0.496 e. The number of nitrogens with one attached hydrogen (secondary N) is 1. The molecular formula is C24H23BrN4O2. The normalized spacial score (nSPS) is 11.0. The van der Waals surface area contributed by atoms with Crippen molar-refractivity contribution in [2.24, 2.45) is 0 Å². The number of anilines is 1. The van der Waals surface area contributed by atoms with Gasteiger partial charge in [-0.05, 0) is 73.4 Å². The molecule has 6 nitrogen and oxygen atoms in total. The van der Waals surface area contributed by atoms with Gasteiger partial charge >= 0.3 is 0 Å². The Hall–Kier alpha value is -3.19. The summed E-state index contributed by atoms with van der Waals surface area (Å²) in [7, 11) is 1.57. The first-order valence-electron chi connectivity index (χ1n) is 10.0. The average Bonchev–Trinajstić information content (AvgIpc) is 3.16. The van der Waals surface area contributed by atoms with E-state index in [-0.39, 0.29) is 5.91 Å². The molecule has 1 aromatic heterocycles. The van der Waals surface area contributed by atoms with Gasteiger partial charge in [0.15, 0.2) is 0 Å². The maximum absolute atomic E-state index is 13.0. The van der Waals surface area contributed by atoms with Crippen LogP contribution in [0.15, 0.2) is 53.0 Å². The highest BCUT2D eigenvalue weighted by molar-refractivity contribution is 9.10. The van der Waals surface area contributed by atoms with E-state index in [0.717, 1.165) is 33.2 Å². The number of hydrogen-bond acceptors (Lipinski definition) is 4. The van der Waals surface area contributed by atoms with Crippen LogP contribution in [0.4, 0.5) is 5.69 Å². The lowest BCUT2D eigenvalue weighted by atomic mass is 10.1. The van der Waals surface area contributed by atoms with Crippen molar-refractivity contribution in [3.63, 3.8) is 0 Å². The van der Waals surface area contributed by atoms with Gasteiger partial charge in [-0.15, -0.1) is 10.2 Å². The van der Waals surface area contributed by atoms with Gasteiger partial charge in [0, 0.05) is 10.2 Å². The molecule has 31 heavy (non-hydrogen) atoms. The molecule has 7 heteroatoms. The van der Waals surface area contributed by atoms with Gasteiger partial charge in [-0.2, -0.15) is 4.80 Å². The summed E-state index contributed by atoms with van der Waals surface area (Å²) in [6.07, 6.45) is 0.985. The van der Waals surface area contributed by atoms with Gasteiger partial charge in [-0.25, -0.2) is 0 Å². The average molecular weight is 479 g/mol. The maximum Gasteiger partial charge on any atom is 0.259 e. The van der Waals surface area contributed by atoms with Gasteiger partial charge in [-0.3, -0.25) is 4.79 Å². The summed E-state index contributed by atoms with van der Waals surface area (Å²) in [6.45, 7) is 5.97. The number of carbonyl (C=O) groups excluding carboxylic acids is 1. The molecule has 1 heterocycles. The number of hydrogen-bond donors (Lipinski definition) is 1. The van der Waals surface area contributed by atoms with E-state index in [4.69, 9.17) is 4.74 Å². The summed E-state index contributed by atoms with van der Waals surface area (Å²) in [6, 6.07) is 15.6. The Morgan fingerprint density at radius 1 is 1.03 bits per heavy atom. The summed E-state index contributed by atoms with van der Waals surface area (Å²) in [5.41, 5.74) is 6.57. The van der Waals surface area contributed by atoms with E-state index in [1.54, 1.807) is 18.0 Å². The zero-order valence-electron chi connectivity index (χ0n) is 17.9. The number of amides is 1. The number of methoxy groups -OCH3 is 1. The molecule has 0 radical (unpaired) electrons. The second-order valence-corrected chi connectivity index (χ2v) is 8.34. The molecule has 0 aliphatic rings. The van der Waals surface area contributed by atoms with Gasteiger partial charge in [0.1, 0.15) is 16.8 Å². The van der Waals surface area contributed by atoms with Gasteiger partial charge in [0.05, 0.1) is 18.4 Å². The first-order valence-corrected chi connectivity index (χ1v) is 10.8. The predicted octanol–water partition coefficient (Wildman–Crippen LogP) is 5.62. The lowest BCUT2D eigenvalue weighted by Gasteiger charge is -2.13. The van der Waals surface area contributed by atoms with Gasteiger partial charge in [0.2, 0.25) is 0 Å². The van der Waals surface area contributed by atoms with E-state index < -0.39 is 0 Å². The molecule has 1 N–H and O–H groups in total. The number of aryl methyl sites for hydroxylation is 3. The molecular weight excluding hydrogens is 456 g/mol. The maximum atomic E-state index is 13.0. The molecule has 0 saturated carbocycles.